The van der Waals surface area contributed by atoms with Crippen molar-refractivity contribution in [1.82, 2.24) is 0 Å². The SMILES string of the molecule is CCN(CC)c1ccccc1N=Cc1ccccc1. The molecule has 0 aliphatic carbocycles. The van der Waals surface area contributed by atoms with Gasteiger partial charge >= 0.3 is 0 Å². The number of hydrogen-bond acceptors (Lipinski definition) is 2. The maximum absolute atomic E-state index is 4.63. The van der Waals surface area contributed by atoms with E-state index in [0.29, 0.717) is 0 Å². The Labute approximate surface area is 115 Å². The zero-order valence-corrected chi connectivity index (χ0v) is 11.6. The number of aliphatic imine (C=N–C) groups is 1. The molecule has 98 valence electrons. The number of nitrogens with zero attached hydrogens (tertiary/aromatic N) is 2. The van der Waals surface area contributed by atoms with Crippen molar-refractivity contribution in [2.75, 3.05) is 18.0 Å². The summed E-state index contributed by atoms with van der Waals surface area (Å²) in [4.78, 5) is 6.94. The van der Waals surface area contributed by atoms with Crippen molar-refractivity contribution in [3.63, 3.8) is 0 Å². The molecule has 0 aliphatic heterocycles. The maximum Gasteiger partial charge on any atom is 0.0863 e. The number of para-hydroxylation sites is 2. The second-order valence-corrected chi connectivity index (χ2v) is 4.33. The van der Waals surface area contributed by atoms with E-state index >= 15 is 0 Å². The minimum Gasteiger partial charge on any atom is -0.370 e. The molecular formula is C17H20N2. The lowest BCUT2D eigenvalue weighted by molar-refractivity contribution is 0.866. The summed E-state index contributed by atoms with van der Waals surface area (Å²) in [6.45, 7) is 6.32. The maximum atomic E-state index is 4.63. The molecule has 0 atom stereocenters. The van der Waals surface area contributed by atoms with Gasteiger partial charge in [0.25, 0.3) is 0 Å². The molecule has 2 rings (SSSR count). The monoisotopic (exact) mass is 252 g/mol. The third-order valence-corrected chi connectivity index (χ3v) is 3.14. The first kappa shape index (κ1) is 13.3. The van der Waals surface area contributed by atoms with Crippen LogP contribution in [-0.2, 0) is 0 Å². The lowest BCUT2D eigenvalue weighted by Gasteiger charge is -2.22. The second kappa shape index (κ2) is 6.74. The van der Waals surface area contributed by atoms with Crippen LogP contribution in [0.3, 0.4) is 0 Å². The molecule has 2 aromatic rings. The lowest BCUT2D eigenvalue weighted by Crippen LogP contribution is -2.21. The summed E-state index contributed by atoms with van der Waals surface area (Å²) in [6, 6.07) is 18.5. The molecule has 0 amide bonds. The highest BCUT2D eigenvalue weighted by atomic mass is 15.1. The highest BCUT2D eigenvalue weighted by Gasteiger charge is 2.05. The molecule has 0 heterocycles. The van der Waals surface area contributed by atoms with Crippen molar-refractivity contribution >= 4 is 17.6 Å². The van der Waals surface area contributed by atoms with E-state index in [-0.39, 0.29) is 0 Å². The van der Waals surface area contributed by atoms with E-state index < -0.39 is 0 Å². The molecule has 0 bridgehead atoms. The van der Waals surface area contributed by atoms with Gasteiger partial charge in [0.1, 0.15) is 0 Å². The molecule has 0 unspecified atom stereocenters. The van der Waals surface area contributed by atoms with Gasteiger partial charge in [-0.2, -0.15) is 0 Å². The molecular weight excluding hydrogens is 232 g/mol. The number of hydrogen-bond donors (Lipinski definition) is 0. The van der Waals surface area contributed by atoms with Gasteiger partial charge in [-0.15, -0.1) is 0 Å². The topological polar surface area (TPSA) is 15.6 Å². The van der Waals surface area contributed by atoms with Gasteiger partial charge in [-0.25, -0.2) is 0 Å². The Morgan fingerprint density at radius 3 is 2.21 bits per heavy atom. The Morgan fingerprint density at radius 2 is 1.53 bits per heavy atom. The van der Waals surface area contributed by atoms with Crippen molar-refractivity contribution in [3.05, 3.63) is 60.2 Å². The fraction of sp³-hybridized carbons (Fsp3) is 0.235. The van der Waals surface area contributed by atoms with Crippen LogP contribution >= 0.6 is 0 Å². The van der Waals surface area contributed by atoms with Gasteiger partial charge in [0, 0.05) is 19.3 Å². The van der Waals surface area contributed by atoms with Crippen molar-refractivity contribution in [2.24, 2.45) is 4.99 Å². The predicted octanol–water partition coefficient (Wildman–Crippen LogP) is 4.28. The van der Waals surface area contributed by atoms with Gasteiger partial charge < -0.3 is 4.90 Å². The highest BCUT2D eigenvalue weighted by molar-refractivity contribution is 5.84. The van der Waals surface area contributed by atoms with Crippen LogP contribution in [0.5, 0.6) is 0 Å². The first-order valence-electron chi connectivity index (χ1n) is 6.78. The van der Waals surface area contributed by atoms with Crippen LogP contribution in [0.2, 0.25) is 0 Å². The Hall–Kier alpha value is -2.09. The van der Waals surface area contributed by atoms with Gasteiger partial charge in [0.05, 0.1) is 11.4 Å². The molecule has 0 N–H and O–H groups in total. The van der Waals surface area contributed by atoms with Crippen LogP contribution in [-0.4, -0.2) is 19.3 Å². The average Bonchev–Trinajstić information content (AvgIpc) is 2.48. The van der Waals surface area contributed by atoms with E-state index in [2.05, 4.69) is 54.1 Å². The molecule has 2 nitrogen and oxygen atoms in total. The summed E-state index contributed by atoms with van der Waals surface area (Å²) >= 11 is 0. The zero-order valence-electron chi connectivity index (χ0n) is 11.6. The minimum atomic E-state index is 0.994. The van der Waals surface area contributed by atoms with Gasteiger partial charge in [0.15, 0.2) is 0 Å². The summed E-state index contributed by atoms with van der Waals surface area (Å²) < 4.78 is 0. The van der Waals surface area contributed by atoms with E-state index in [4.69, 9.17) is 0 Å². The molecule has 0 fully saturated rings. The number of benzene rings is 2. The molecule has 2 heteroatoms. The average molecular weight is 252 g/mol. The second-order valence-electron chi connectivity index (χ2n) is 4.33. The van der Waals surface area contributed by atoms with Gasteiger partial charge in [-0.05, 0) is 31.5 Å². The highest BCUT2D eigenvalue weighted by Crippen LogP contribution is 2.27. The number of rotatable bonds is 5. The van der Waals surface area contributed by atoms with Crippen molar-refractivity contribution in [3.8, 4) is 0 Å². The summed E-state index contributed by atoms with van der Waals surface area (Å²) in [5, 5.41) is 0. The van der Waals surface area contributed by atoms with Crippen molar-refractivity contribution < 1.29 is 0 Å². The van der Waals surface area contributed by atoms with E-state index in [0.717, 1.165) is 24.3 Å². The Kier molecular flexibility index (Phi) is 4.73. The van der Waals surface area contributed by atoms with Crippen LogP contribution in [0.1, 0.15) is 19.4 Å². The summed E-state index contributed by atoms with van der Waals surface area (Å²) in [5.41, 5.74) is 3.34. The fourth-order valence-corrected chi connectivity index (χ4v) is 2.09. The quantitative estimate of drug-likeness (QED) is 0.725. The van der Waals surface area contributed by atoms with Crippen molar-refractivity contribution in [2.45, 2.75) is 13.8 Å². The molecule has 0 saturated carbocycles. The van der Waals surface area contributed by atoms with Crippen LogP contribution in [0, 0.1) is 0 Å². The zero-order chi connectivity index (χ0) is 13.5. The first-order valence-corrected chi connectivity index (χ1v) is 6.78. The Bertz CT molecular complexity index is 528. The Morgan fingerprint density at radius 1 is 0.895 bits per heavy atom. The largest absolute Gasteiger partial charge is 0.370 e. The summed E-state index contributed by atoms with van der Waals surface area (Å²) in [6.07, 6.45) is 1.92. The van der Waals surface area contributed by atoms with Crippen molar-refractivity contribution in [1.29, 1.82) is 0 Å². The molecule has 0 aromatic heterocycles. The van der Waals surface area contributed by atoms with Crippen LogP contribution in [0.25, 0.3) is 0 Å². The van der Waals surface area contributed by atoms with Gasteiger partial charge in [-0.3, -0.25) is 4.99 Å². The predicted molar refractivity (Wildman–Crippen MR) is 83.7 cm³/mol. The van der Waals surface area contributed by atoms with E-state index in [1.54, 1.807) is 0 Å². The van der Waals surface area contributed by atoms with E-state index in [1.807, 2.05) is 30.5 Å². The third kappa shape index (κ3) is 3.44. The third-order valence-electron chi connectivity index (χ3n) is 3.14. The minimum absolute atomic E-state index is 0.994. The van der Waals surface area contributed by atoms with E-state index in [9.17, 15) is 0 Å². The van der Waals surface area contributed by atoms with Gasteiger partial charge in [0.2, 0.25) is 0 Å². The lowest BCUT2D eigenvalue weighted by atomic mass is 10.2. The number of anilines is 1. The van der Waals surface area contributed by atoms with Crippen LogP contribution in [0.4, 0.5) is 11.4 Å². The smallest absolute Gasteiger partial charge is 0.0863 e. The molecule has 0 radical (unpaired) electrons. The summed E-state index contributed by atoms with van der Waals surface area (Å²) in [5.74, 6) is 0. The normalized spacial score (nSPS) is 10.8. The van der Waals surface area contributed by atoms with E-state index in [1.165, 1.54) is 5.69 Å². The molecule has 19 heavy (non-hydrogen) atoms. The van der Waals surface area contributed by atoms with Crippen LogP contribution in [0.15, 0.2) is 59.6 Å². The first-order chi connectivity index (χ1) is 9.35. The summed E-state index contributed by atoms with van der Waals surface area (Å²) in [7, 11) is 0. The standard InChI is InChI=1S/C17H20N2/c1-3-19(4-2)17-13-9-8-12-16(17)18-14-15-10-6-5-7-11-15/h5-14H,3-4H2,1-2H3. The molecule has 0 aliphatic rings. The molecule has 0 spiro atoms. The molecule has 2 aromatic carbocycles. The van der Waals surface area contributed by atoms with Gasteiger partial charge in [-0.1, -0.05) is 42.5 Å². The van der Waals surface area contributed by atoms with Crippen LogP contribution < -0.4 is 4.90 Å². The fourth-order valence-electron chi connectivity index (χ4n) is 2.09. The Balaban J connectivity index is 2.28. The molecule has 0 saturated heterocycles.